The first-order valence-electron chi connectivity index (χ1n) is 5.93. The van der Waals surface area contributed by atoms with Crippen LogP contribution < -0.4 is 9.80 Å². The second kappa shape index (κ2) is 4.96. The highest BCUT2D eigenvalue weighted by Crippen LogP contribution is 2.42. The average Bonchev–Trinajstić information content (AvgIpc) is 2.49. The highest BCUT2D eigenvalue weighted by Gasteiger charge is 2.47. The molecule has 102 valence electrons. The van der Waals surface area contributed by atoms with Gasteiger partial charge in [0, 0.05) is 10.6 Å². The van der Waals surface area contributed by atoms with E-state index in [2.05, 4.69) is 4.89 Å². The summed E-state index contributed by atoms with van der Waals surface area (Å²) in [6.07, 6.45) is 0. The van der Waals surface area contributed by atoms with E-state index in [1.165, 1.54) is 0 Å². The molecule has 0 N–H and O–H groups in total. The van der Waals surface area contributed by atoms with Gasteiger partial charge in [0.15, 0.2) is 0 Å². The van der Waals surface area contributed by atoms with Gasteiger partial charge in [0.25, 0.3) is 5.72 Å². The van der Waals surface area contributed by atoms with Crippen LogP contribution in [-0.4, -0.2) is 6.61 Å². The molecule has 2 radical (unpaired) electrons. The third-order valence-corrected chi connectivity index (χ3v) is 3.52. The topological polar surface area (TPSA) is 61.5 Å². The lowest BCUT2D eigenvalue weighted by atomic mass is 10.0. The number of anilines is 1. The Morgan fingerprint density at radius 3 is 2.55 bits per heavy atom. The Kier molecular flexibility index (Phi) is 3.27. The maximum Gasteiger partial charge on any atom is 0.263 e. The van der Waals surface area contributed by atoms with E-state index in [0.717, 1.165) is 0 Å². The predicted octanol–water partition coefficient (Wildman–Crippen LogP) is 3.10. The fraction of sp³-hybridized carbons (Fsp3) is 0.143. The minimum Gasteiger partial charge on any atom is -0.486 e. The summed E-state index contributed by atoms with van der Waals surface area (Å²) in [6, 6.07) is 13.0. The number of rotatable bonds is 2. The Balaban J connectivity index is 2.08. The number of hydrogen-bond acceptors (Lipinski definition) is 3. The number of para-hydroxylation sites is 2. The van der Waals surface area contributed by atoms with E-state index >= 15 is 0 Å². The van der Waals surface area contributed by atoms with Crippen molar-refractivity contribution in [2.45, 2.75) is 5.72 Å². The molecule has 0 amide bonds. The Morgan fingerprint density at radius 2 is 1.85 bits per heavy atom. The Hall–Kier alpha value is -1.79. The van der Waals surface area contributed by atoms with Crippen LogP contribution in [0, 0.1) is 0 Å². The van der Waals surface area contributed by atoms with Crippen LogP contribution in [0.2, 0.25) is 5.02 Å². The van der Waals surface area contributed by atoms with Crippen molar-refractivity contribution in [3.05, 3.63) is 59.1 Å². The fourth-order valence-corrected chi connectivity index (χ4v) is 2.32. The van der Waals surface area contributed by atoms with Gasteiger partial charge in [-0.25, -0.2) is 0 Å². The van der Waals surface area contributed by atoms with Gasteiger partial charge in [-0.3, -0.25) is 0 Å². The standard InChI is InChI=1S/C14H10ClNO4/c15-11-7-5-10(6-8-11)14(20-18)9-19-13-4-2-1-3-12(13)16(14)17/h1-8H,9H2. The van der Waals surface area contributed by atoms with E-state index < -0.39 is 5.72 Å². The first-order chi connectivity index (χ1) is 9.67. The molecule has 0 aliphatic carbocycles. The highest BCUT2D eigenvalue weighted by atomic mass is 35.5. The quantitative estimate of drug-likeness (QED) is 0.631. The van der Waals surface area contributed by atoms with Crippen molar-refractivity contribution < 1.29 is 20.1 Å². The second-order valence-corrected chi connectivity index (χ2v) is 4.86. The molecule has 0 aromatic heterocycles. The van der Waals surface area contributed by atoms with E-state index in [1.807, 2.05) is 0 Å². The minimum absolute atomic E-state index is 0.196. The minimum atomic E-state index is -1.75. The smallest absolute Gasteiger partial charge is 0.263 e. The largest absolute Gasteiger partial charge is 0.486 e. The van der Waals surface area contributed by atoms with Crippen molar-refractivity contribution >= 4 is 17.3 Å². The van der Waals surface area contributed by atoms with Crippen LogP contribution in [0.3, 0.4) is 0 Å². The molecule has 2 aromatic carbocycles. The number of halogens is 1. The van der Waals surface area contributed by atoms with Gasteiger partial charge in [-0.05, 0) is 29.5 Å². The molecule has 0 saturated carbocycles. The van der Waals surface area contributed by atoms with Crippen molar-refractivity contribution in [2.75, 3.05) is 11.7 Å². The molecule has 1 aliphatic rings. The third-order valence-electron chi connectivity index (χ3n) is 3.27. The number of benzene rings is 2. The summed E-state index contributed by atoms with van der Waals surface area (Å²) in [5, 5.41) is 24.8. The molecule has 0 bridgehead atoms. The Bertz CT molecular complexity index is 619. The molecule has 2 aromatic rings. The van der Waals surface area contributed by atoms with Gasteiger partial charge >= 0.3 is 0 Å². The summed E-state index contributed by atoms with van der Waals surface area (Å²) in [7, 11) is 0. The second-order valence-electron chi connectivity index (χ2n) is 4.43. The van der Waals surface area contributed by atoms with Crippen molar-refractivity contribution in [3.63, 3.8) is 0 Å². The van der Waals surface area contributed by atoms with Crippen LogP contribution in [0.15, 0.2) is 48.5 Å². The summed E-state index contributed by atoms with van der Waals surface area (Å²) in [5.74, 6) is 0.420. The average molecular weight is 292 g/mol. The molecule has 1 unspecified atom stereocenters. The van der Waals surface area contributed by atoms with Gasteiger partial charge in [-0.15, -0.1) is 0 Å². The molecule has 0 saturated heterocycles. The van der Waals surface area contributed by atoms with E-state index in [0.29, 0.717) is 21.4 Å². The van der Waals surface area contributed by atoms with Crippen LogP contribution in [0.4, 0.5) is 5.69 Å². The van der Waals surface area contributed by atoms with Gasteiger partial charge in [-0.1, -0.05) is 41.1 Å². The van der Waals surface area contributed by atoms with Gasteiger partial charge in [0.1, 0.15) is 18.0 Å². The van der Waals surface area contributed by atoms with Crippen LogP contribution in [-0.2, 0) is 21.1 Å². The normalized spacial score (nSPS) is 21.2. The number of fused-ring (bicyclic) bond motifs is 1. The summed E-state index contributed by atoms with van der Waals surface area (Å²) >= 11 is 5.81. The van der Waals surface area contributed by atoms with Crippen molar-refractivity contribution in [3.8, 4) is 5.75 Å². The van der Waals surface area contributed by atoms with Gasteiger partial charge < -0.3 is 4.74 Å². The fourth-order valence-electron chi connectivity index (χ4n) is 2.19. The van der Waals surface area contributed by atoms with Crippen molar-refractivity contribution in [1.82, 2.24) is 0 Å². The van der Waals surface area contributed by atoms with Crippen LogP contribution >= 0.6 is 11.6 Å². The molecule has 20 heavy (non-hydrogen) atoms. The monoisotopic (exact) mass is 291 g/mol. The van der Waals surface area contributed by atoms with Crippen LogP contribution in [0.5, 0.6) is 5.75 Å². The Morgan fingerprint density at radius 1 is 1.15 bits per heavy atom. The van der Waals surface area contributed by atoms with E-state index in [4.69, 9.17) is 16.3 Å². The predicted molar refractivity (Wildman–Crippen MR) is 70.0 cm³/mol. The molecule has 3 rings (SSSR count). The van der Waals surface area contributed by atoms with Gasteiger partial charge in [0.2, 0.25) is 0 Å². The molecular formula is C14H10ClNO4. The lowest BCUT2D eigenvalue weighted by molar-refractivity contribution is -0.399. The van der Waals surface area contributed by atoms with E-state index in [-0.39, 0.29) is 12.3 Å². The number of nitrogens with zero attached hydrogens (tertiary/aromatic N) is 1. The molecule has 1 heterocycles. The summed E-state index contributed by atoms with van der Waals surface area (Å²) in [5.41, 5.74) is -1.11. The molecule has 6 heteroatoms. The highest BCUT2D eigenvalue weighted by molar-refractivity contribution is 6.30. The first-order valence-corrected chi connectivity index (χ1v) is 6.31. The molecular weight excluding hydrogens is 282 g/mol. The SMILES string of the molecule is [O]OC1(c2ccc(Cl)cc2)COc2ccccc2N1[O]. The zero-order chi connectivity index (χ0) is 14.2. The van der Waals surface area contributed by atoms with Gasteiger partial charge in [-0.2, -0.15) is 9.95 Å². The Labute approximate surface area is 120 Å². The van der Waals surface area contributed by atoms with Gasteiger partial charge in [0.05, 0.1) is 0 Å². The maximum absolute atomic E-state index is 12.5. The molecule has 1 aliphatic heterocycles. The number of hydroxylamine groups is 1. The van der Waals surface area contributed by atoms with Crippen molar-refractivity contribution in [1.29, 1.82) is 0 Å². The van der Waals surface area contributed by atoms with E-state index in [9.17, 15) is 10.5 Å². The van der Waals surface area contributed by atoms with Crippen LogP contribution in [0.25, 0.3) is 0 Å². The zero-order valence-electron chi connectivity index (χ0n) is 10.3. The molecule has 0 fully saturated rings. The summed E-state index contributed by atoms with van der Waals surface area (Å²) in [4.78, 5) is 4.27. The number of ether oxygens (including phenoxy) is 1. The number of hydrogen-bond donors (Lipinski definition) is 0. The summed E-state index contributed by atoms with van der Waals surface area (Å²) < 4.78 is 5.49. The third kappa shape index (κ3) is 1.92. The summed E-state index contributed by atoms with van der Waals surface area (Å²) in [6.45, 7) is -0.196. The van der Waals surface area contributed by atoms with E-state index in [1.54, 1.807) is 48.5 Å². The van der Waals surface area contributed by atoms with Crippen LogP contribution in [0.1, 0.15) is 5.56 Å². The maximum atomic E-state index is 12.5. The molecule has 5 nitrogen and oxygen atoms in total. The van der Waals surface area contributed by atoms with Crippen molar-refractivity contribution in [2.24, 2.45) is 0 Å². The zero-order valence-corrected chi connectivity index (χ0v) is 11.0. The molecule has 0 spiro atoms. The lowest BCUT2D eigenvalue weighted by Crippen LogP contribution is -2.52. The first kappa shape index (κ1) is 13.2. The lowest BCUT2D eigenvalue weighted by Gasteiger charge is -2.39. The molecule has 1 atom stereocenters.